The number of carbonyl (C=O) groups is 2. The zero-order valence-electron chi connectivity index (χ0n) is 13.9. The van der Waals surface area contributed by atoms with E-state index in [4.69, 9.17) is 0 Å². The van der Waals surface area contributed by atoms with E-state index >= 15 is 0 Å². The number of alkyl halides is 8. The number of carbonyl (C=O) groups excluding carboxylic acids is 2. The molecular formula is C18H12Br2F6O2. The van der Waals surface area contributed by atoms with Crippen LogP contribution < -0.4 is 0 Å². The van der Waals surface area contributed by atoms with Gasteiger partial charge >= 0.3 is 12.4 Å². The van der Waals surface area contributed by atoms with E-state index < -0.39 is 23.5 Å². The van der Waals surface area contributed by atoms with Crippen molar-refractivity contribution in [3.8, 4) is 0 Å². The van der Waals surface area contributed by atoms with Crippen molar-refractivity contribution in [1.82, 2.24) is 0 Å². The molecule has 10 heteroatoms. The highest BCUT2D eigenvalue weighted by Gasteiger charge is 2.30. The second-order valence-corrected chi connectivity index (χ2v) is 6.39. The summed E-state index contributed by atoms with van der Waals surface area (Å²) in [5, 5.41) is 0.219. The Kier molecular flexibility index (Phi) is 8.87. The molecule has 0 amide bonds. The molecule has 0 saturated heterocycles. The SMILES string of the molecule is O=C(CBr)c1ccc(C(F)(F)F)cc1.O=C(CBr)c1ccc(C(F)(F)F)cc1. The van der Waals surface area contributed by atoms with Crippen molar-refractivity contribution < 1.29 is 35.9 Å². The molecule has 0 aliphatic heterocycles. The van der Waals surface area contributed by atoms with Crippen molar-refractivity contribution in [1.29, 1.82) is 0 Å². The Morgan fingerprint density at radius 3 is 1.04 bits per heavy atom. The van der Waals surface area contributed by atoms with Crippen molar-refractivity contribution in [2.24, 2.45) is 0 Å². The summed E-state index contributed by atoms with van der Waals surface area (Å²) in [6.07, 6.45) is -8.70. The fourth-order valence-corrected chi connectivity index (χ4v) is 2.49. The summed E-state index contributed by atoms with van der Waals surface area (Å²) >= 11 is 5.88. The van der Waals surface area contributed by atoms with Crippen LogP contribution in [0.25, 0.3) is 0 Å². The Hall–Kier alpha value is -1.68. The lowest BCUT2D eigenvalue weighted by atomic mass is 10.1. The molecule has 0 aliphatic carbocycles. The van der Waals surface area contributed by atoms with Gasteiger partial charge in [0.1, 0.15) is 0 Å². The van der Waals surface area contributed by atoms with Crippen molar-refractivity contribution in [3.05, 3.63) is 70.8 Å². The minimum Gasteiger partial charge on any atom is -0.293 e. The van der Waals surface area contributed by atoms with Gasteiger partial charge in [0.15, 0.2) is 11.6 Å². The third-order valence-corrected chi connectivity index (χ3v) is 4.33. The highest BCUT2D eigenvalue weighted by atomic mass is 79.9. The second-order valence-electron chi connectivity index (χ2n) is 5.26. The van der Waals surface area contributed by atoms with E-state index in [2.05, 4.69) is 31.9 Å². The van der Waals surface area contributed by atoms with Gasteiger partial charge in [0.25, 0.3) is 0 Å². The third-order valence-electron chi connectivity index (χ3n) is 3.31. The van der Waals surface area contributed by atoms with E-state index in [0.717, 1.165) is 24.3 Å². The van der Waals surface area contributed by atoms with E-state index in [-0.39, 0.29) is 33.4 Å². The van der Waals surface area contributed by atoms with Gasteiger partial charge in [0.2, 0.25) is 0 Å². The lowest BCUT2D eigenvalue weighted by Gasteiger charge is -2.06. The largest absolute Gasteiger partial charge is 0.416 e. The fourth-order valence-electron chi connectivity index (χ4n) is 1.84. The van der Waals surface area contributed by atoms with Crippen LogP contribution in [0.1, 0.15) is 31.8 Å². The number of rotatable bonds is 4. The zero-order chi connectivity index (χ0) is 21.5. The third kappa shape index (κ3) is 7.38. The summed E-state index contributed by atoms with van der Waals surface area (Å²) in [6, 6.07) is 8.29. The summed E-state index contributed by atoms with van der Waals surface area (Å²) in [6.45, 7) is 0. The molecule has 0 unspecified atom stereocenters. The van der Waals surface area contributed by atoms with Gasteiger partial charge in [0.05, 0.1) is 21.8 Å². The molecule has 2 aromatic carbocycles. The first-order valence-electron chi connectivity index (χ1n) is 7.43. The van der Waals surface area contributed by atoms with Gasteiger partial charge in [-0.15, -0.1) is 0 Å². The van der Waals surface area contributed by atoms with E-state index in [1.165, 1.54) is 24.3 Å². The molecule has 28 heavy (non-hydrogen) atoms. The normalized spacial score (nSPS) is 11.4. The molecule has 2 rings (SSSR count). The molecular weight excluding hydrogens is 522 g/mol. The molecule has 0 N–H and O–H groups in total. The summed E-state index contributed by atoms with van der Waals surface area (Å²) in [7, 11) is 0. The van der Waals surface area contributed by atoms with Gasteiger partial charge in [-0.2, -0.15) is 26.3 Å². The molecule has 152 valence electrons. The van der Waals surface area contributed by atoms with Crippen LogP contribution in [0.4, 0.5) is 26.3 Å². The average molecular weight is 534 g/mol. The Labute approximate surface area is 173 Å². The van der Waals surface area contributed by atoms with Crippen LogP contribution in [0.2, 0.25) is 0 Å². The maximum absolute atomic E-state index is 12.1. The maximum atomic E-state index is 12.1. The number of benzene rings is 2. The molecule has 0 atom stereocenters. The van der Waals surface area contributed by atoms with Crippen LogP contribution >= 0.6 is 31.9 Å². The molecule has 0 radical (unpaired) electrons. The summed E-state index contributed by atoms with van der Waals surface area (Å²) in [5.74, 6) is -0.475. The Balaban J connectivity index is 0.000000280. The summed E-state index contributed by atoms with van der Waals surface area (Å²) in [5.41, 5.74) is -0.947. The first-order valence-corrected chi connectivity index (χ1v) is 9.67. The van der Waals surface area contributed by atoms with Crippen molar-refractivity contribution in [3.63, 3.8) is 0 Å². The second kappa shape index (κ2) is 10.2. The zero-order valence-corrected chi connectivity index (χ0v) is 17.0. The molecule has 0 heterocycles. The van der Waals surface area contributed by atoms with Crippen LogP contribution in [-0.2, 0) is 12.4 Å². The Bertz CT molecular complexity index is 727. The van der Waals surface area contributed by atoms with Crippen LogP contribution in [0.3, 0.4) is 0 Å². The highest BCUT2D eigenvalue weighted by Crippen LogP contribution is 2.30. The lowest BCUT2D eigenvalue weighted by Crippen LogP contribution is -2.06. The van der Waals surface area contributed by atoms with Crippen molar-refractivity contribution >= 4 is 43.4 Å². The minimum atomic E-state index is -4.35. The molecule has 0 aliphatic rings. The van der Waals surface area contributed by atoms with Crippen molar-refractivity contribution in [2.75, 3.05) is 10.7 Å². The first kappa shape index (κ1) is 24.4. The van der Waals surface area contributed by atoms with Gasteiger partial charge in [-0.3, -0.25) is 9.59 Å². The Morgan fingerprint density at radius 1 is 0.607 bits per heavy atom. The van der Waals surface area contributed by atoms with Crippen LogP contribution in [0.5, 0.6) is 0 Å². The molecule has 0 spiro atoms. The van der Waals surface area contributed by atoms with Crippen LogP contribution in [0.15, 0.2) is 48.5 Å². The quantitative estimate of drug-likeness (QED) is 0.253. The minimum absolute atomic E-state index is 0.109. The number of hydrogen-bond donors (Lipinski definition) is 0. The topological polar surface area (TPSA) is 34.1 Å². The number of hydrogen-bond acceptors (Lipinski definition) is 2. The smallest absolute Gasteiger partial charge is 0.293 e. The number of Topliss-reactive ketones (excluding diaryl/α,β-unsaturated/α-hetero) is 2. The van der Waals surface area contributed by atoms with Gasteiger partial charge in [-0.1, -0.05) is 56.1 Å². The monoisotopic (exact) mass is 532 g/mol. The first-order chi connectivity index (χ1) is 12.9. The van der Waals surface area contributed by atoms with E-state index in [1.807, 2.05) is 0 Å². The predicted molar refractivity (Wildman–Crippen MR) is 99.1 cm³/mol. The van der Waals surface area contributed by atoms with Crippen LogP contribution in [-0.4, -0.2) is 22.2 Å². The van der Waals surface area contributed by atoms with Gasteiger partial charge in [-0.05, 0) is 24.3 Å². The molecule has 0 bridgehead atoms. The average Bonchev–Trinajstić information content (AvgIpc) is 2.66. The number of halogens is 8. The Morgan fingerprint density at radius 2 is 0.857 bits per heavy atom. The molecule has 2 nitrogen and oxygen atoms in total. The van der Waals surface area contributed by atoms with Gasteiger partial charge in [-0.25, -0.2) is 0 Å². The van der Waals surface area contributed by atoms with Gasteiger partial charge < -0.3 is 0 Å². The highest BCUT2D eigenvalue weighted by molar-refractivity contribution is 9.09. The fraction of sp³-hybridized carbons (Fsp3) is 0.222. The molecule has 2 aromatic rings. The molecule has 0 saturated carbocycles. The number of ketones is 2. The summed E-state index contributed by atoms with van der Waals surface area (Å²) < 4.78 is 72.7. The predicted octanol–water partition coefficient (Wildman–Crippen LogP) is 6.57. The molecule has 0 aromatic heterocycles. The summed E-state index contributed by atoms with van der Waals surface area (Å²) in [4.78, 5) is 22.1. The van der Waals surface area contributed by atoms with Crippen LogP contribution in [0, 0.1) is 0 Å². The van der Waals surface area contributed by atoms with Gasteiger partial charge in [0, 0.05) is 11.1 Å². The lowest BCUT2D eigenvalue weighted by molar-refractivity contribution is -0.138. The van der Waals surface area contributed by atoms with E-state index in [1.54, 1.807) is 0 Å². The standard InChI is InChI=1S/2C9H6BrF3O/c2*10-5-8(14)6-1-3-7(4-2-6)9(11,12)13/h2*1-4H,5H2. The van der Waals surface area contributed by atoms with E-state index in [0.29, 0.717) is 0 Å². The van der Waals surface area contributed by atoms with E-state index in [9.17, 15) is 35.9 Å². The molecule has 0 fully saturated rings. The maximum Gasteiger partial charge on any atom is 0.416 e. The van der Waals surface area contributed by atoms with Crippen molar-refractivity contribution in [2.45, 2.75) is 12.4 Å².